The Hall–Kier alpha value is -2.82. The lowest BCUT2D eigenvalue weighted by Crippen LogP contribution is -2.02. The minimum atomic E-state index is -0.216. The lowest BCUT2D eigenvalue weighted by atomic mass is 10.0. The third kappa shape index (κ3) is 5.40. The molecular weight excluding hydrogens is 502 g/mol. The Bertz CT molecular complexity index is 1240. The molecule has 0 aliphatic heterocycles. The first-order valence-electron chi connectivity index (χ1n) is 9.69. The first-order valence-corrected chi connectivity index (χ1v) is 11.2. The lowest BCUT2D eigenvalue weighted by Gasteiger charge is -2.09. The van der Waals surface area contributed by atoms with Crippen molar-refractivity contribution in [3.8, 4) is 11.5 Å². The predicted octanol–water partition coefficient (Wildman–Crippen LogP) is 8.55. The SMILES string of the molecule is O=C(c1ccc(Oc2ccc(C(=O)c3ccc(Cl)cc3Cl)cc2)cc1)c1ccc(Cl)cc1Cl. The van der Waals surface area contributed by atoms with Gasteiger partial charge < -0.3 is 4.74 Å². The molecule has 0 N–H and O–H groups in total. The van der Waals surface area contributed by atoms with Crippen LogP contribution in [0.5, 0.6) is 11.5 Å². The molecule has 0 spiro atoms. The largest absolute Gasteiger partial charge is 0.457 e. The normalized spacial score (nSPS) is 10.7. The second-order valence-corrected chi connectivity index (χ2v) is 8.74. The number of benzene rings is 4. The molecule has 0 fully saturated rings. The van der Waals surface area contributed by atoms with Gasteiger partial charge in [-0.2, -0.15) is 0 Å². The molecule has 4 aromatic rings. The van der Waals surface area contributed by atoms with Crippen molar-refractivity contribution < 1.29 is 14.3 Å². The highest BCUT2D eigenvalue weighted by Crippen LogP contribution is 2.28. The Labute approximate surface area is 210 Å². The van der Waals surface area contributed by atoms with Gasteiger partial charge in [0.2, 0.25) is 0 Å². The molecular formula is C26H14Cl4O3. The van der Waals surface area contributed by atoms with Crippen LogP contribution in [0.15, 0.2) is 84.9 Å². The molecule has 0 saturated carbocycles. The number of rotatable bonds is 6. The van der Waals surface area contributed by atoms with Crippen LogP contribution >= 0.6 is 46.4 Å². The van der Waals surface area contributed by atoms with E-state index in [0.717, 1.165) is 0 Å². The van der Waals surface area contributed by atoms with Gasteiger partial charge in [-0.25, -0.2) is 0 Å². The number of carbonyl (C=O) groups excluding carboxylic acids is 2. The van der Waals surface area contributed by atoms with Gasteiger partial charge >= 0.3 is 0 Å². The topological polar surface area (TPSA) is 43.4 Å². The number of hydrogen-bond acceptors (Lipinski definition) is 3. The van der Waals surface area contributed by atoms with Crippen molar-refractivity contribution >= 4 is 58.0 Å². The molecule has 0 saturated heterocycles. The van der Waals surface area contributed by atoms with Gasteiger partial charge in [0.15, 0.2) is 11.6 Å². The average Bonchev–Trinajstić information content (AvgIpc) is 2.79. The second-order valence-electron chi connectivity index (χ2n) is 7.06. The molecule has 7 heteroatoms. The highest BCUT2D eigenvalue weighted by atomic mass is 35.5. The smallest absolute Gasteiger partial charge is 0.194 e. The predicted molar refractivity (Wildman–Crippen MR) is 133 cm³/mol. The Morgan fingerprint density at radius 1 is 0.515 bits per heavy atom. The molecule has 0 unspecified atom stereocenters. The van der Waals surface area contributed by atoms with Crippen LogP contribution in [0.2, 0.25) is 20.1 Å². The van der Waals surface area contributed by atoms with Crippen LogP contribution in [0.3, 0.4) is 0 Å². The zero-order chi connectivity index (χ0) is 23.5. The highest BCUT2D eigenvalue weighted by Gasteiger charge is 2.15. The van der Waals surface area contributed by atoms with E-state index in [9.17, 15) is 9.59 Å². The van der Waals surface area contributed by atoms with Crippen molar-refractivity contribution in [1.82, 2.24) is 0 Å². The van der Waals surface area contributed by atoms with E-state index < -0.39 is 0 Å². The van der Waals surface area contributed by atoms with Crippen LogP contribution in [-0.2, 0) is 0 Å². The standard InChI is InChI=1S/C26H14Cl4O3/c27-17-5-11-21(23(29)13-17)25(31)15-1-7-19(8-2-15)33-20-9-3-16(4-10-20)26(32)22-12-6-18(28)14-24(22)30/h1-14H. The van der Waals surface area contributed by atoms with E-state index in [1.54, 1.807) is 72.8 Å². The van der Waals surface area contributed by atoms with E-state index in [2.05, 4.69) is 0 Å². The summed E-state index contributed by atoms with van der Waals surface area (Å²) in [5.74, 6) is 0.640. The summed E-state index contributed by atoms with van der Waals surface area (Å²) in [6, 6.07) is 22.8. The van der Waals surface area contributed by atoms with Crippen molar-refractivity contribution in [1.29, 1.82) is 0 Å². The van der Waals surface area contributed by atoms with Crippen molar-refractivity contribution in [2.45, 2.75) is 0 Å². The van der Waals surface area contributed by atoms with Gasteiger partial charge in [0.1, 0.15) is 11.5 Å². The van der Waals surface area contributed by atoms with E-state index in [1.807, 2.05) is 0 Å². The van der Waals surface area contributed by atoms with E-state index in [0.29, 0.717) is 53.8 Å². The molecule has 4 rings (SSSR count). The van der Waals surface area contributed by atoms with Crippen molar-refractivity contribution in [2.75, 3.05) is 0 Å². The summed E-state index contributed by atoms with van der Waals surface area (Å²) in [6.45, 7) is 0. The van der Waals surface area contributed by atoms with Crippen LogP contribution < -0.4 is 4.74 Å². The van der Waals surface area contributed by atoms with Gasteiger partial charge in [-0.15, -0.1) is 0 Å². The van der Waals surface area contributed by atoms with Crippen LogP contribution in [0.4, 0.5) is 0 Å². The molecule has 0 atom stereocenters. The van der Waals surface area contributed by atoms with Crippen LogP contribution in [0, 0.1) is 0 Å². The fraction of sp³-hybridized carbons (Fsp3) is 0. The number of carbonyl (C=O) groups is 2. The summed E-state index contributed by atoms with van der Waals surface area (Å²) in [5, 5.41) is 1.51. The second kappa shape index (κ2) is 9.98. The maximum Gasteiger partial charge on any atom is 0.194 e. The van der Waals surface area contributed by atoms with Gasteiger partial charge in [-0.1, -0.05) is 46.4 Å². The summed E-state index contributed by atoms with van der Waals surface area (Å²) in [6.07, 6.45) is 0. The summed E-state index contributed by atoms with van der Waals surface area (Å²) in [4.78, 5) is 25.4. The zero-order valence-electron chi connectivity index (χ0n) is 16.8. The quantitative estimate of drug-likeness (QED) is 0.241. The molecule has 33 heavy (non-hydrogen) atoms. The first-order chi connectivity index (χ1) is 15.8. The summed E-state index contributed by atoms with van der Waals surface area (Å²) >= 11 is 24.1. The molecule has 4 aromatic carbocycles. The lowest BCUT2D eigenvalue weighted by molar-refractivity contribution is 0.103. The monoisotopic (exact) mass is 514 g/mol. The van der Waals surface area contributed by atoms with Crippen LogP contribution in [-0.4, -0.2) is 11.6 Å². The molecule has 164 valence electrons. The molecule has 0 aromatic heterocycles. The minimum absolute atomic E-state index is 0.216. The summed E-state index contributed by atoms with van der Waals surface area (Å²) < 4.78 is 5.83. The number of ketones is 2. The summed E-state index contributed by atoms with van der Waals surface area (Å²) in [7, 11) is 0. The molecule has 0 heterocycles. The maximum absolute atomic E-state index is 12.7. The first kappa shape index (κ1) is 23.3. The van der Waals surface area contributed by atoms with E-state index in [1.165, 1.54) is 12.1 Å². The fourth-order valence-corrected chi connectivity index (χ4v) is 4.13. The average molecular weight is 516 g/mol. The Balaban J connectivity index is 1.46. The van der Waals surface area contributed by atoms with Gasteiger partial charge in [-0.05, 0) is 84.9 Å². The maximum atomic E-state index is 12.7. The Morgan fingerprint density at radius 2 is 0.879 bits per heavy atom. The molecule has 0 aliphatic rings. The third-order valence-corrected chi connectivity index (χ3v) is 5.92. The van der Waals surface area contributed by atoms with Crippen LogP contribution in [0.25, 0.3) is 0 Å². The molecule has 0 radical (unpaired) electrons. The van der Waals surface area contributed by atoms with Crippen LogP contribution in [0.1, 0.15) is 31.8 Å². The summed E-state index contributed by atoms with van der Waals surface area (Å²) in [5.41, 5.74) is 1.67. The number of ether oxygens (including phenoxy) is 1. The van der Waals surface area contributed by atoms with Gasteiger partial charge in [0.25, 0.3) is 0 Å². The van der Waals surface area contributed by atoms with Crippen molar-refractivity contribution in [2.24, 2.45) is 0 Å². The van der Waals surface area contributed by atoms with Gasteiger partial charge in [-0.3, -0.25) is 9.59 Å². The molecule has 0 aliphatic carbocycles. The number of hydrogen-bond donors (Lipinski definition) is 0. The minimum Gasteiger partial charge on any atom is -0.457 e. The molecule has 0 bridgehead atoms. The molecule has 3 nitrogen and oxygen atoms in total. The van der Waals surface area contributed by atoms with E-state index in [-0.39, 0.29) is 11.6 Å². The van der Waals surface area contributed by atoms with Gasteiger partial charge in [0.05, 0.1) is 10.0 Å². The Morgan fingerprint density at radius 3 is 1.21 bits per heavy atom. The number of halogens is 4. The van der Waals surface area contributed by atoms with Crippen molar-refractivity contribution in [3.05, 3.63) is 127 Å². The van der Waals surface area contributed by atoms with E-state index in [4.69, 9.17) is 51.1 Å². The Kier molecular flexibility index (Phi) is 7.06. The highest BCUT2D eigenvalue weighted by molar-refractivity contribution is 6.38. The van der Waals surface area contributed by atoms with Crippen molar-refractivity contribution in [3.63, 3.8) is 0 Å². The molecule has 0 amide bonds. The van der Waals surface area contributed by atoms with E-state index >= 15 is 0 Å². The van der Waals surface area contributed by atoms with Gasteiger partial charge in [0, 0.05) is 32.3 Å². The fourth-order valence-electron chi connectivity index (χ4n) is 3.14. The zero-order valence-corrected chi connectivity index (χ0v) is 19.8. The third-order valence-electron chi connectivity index (χ3n) is 4.82.